The van der Waals surface area contributed by atoms with Crippen molar-refractivity contribution in [3.8, 4) is 5.75 Å². The highest BCUT2D eigenvalue weighted by molar-refractivity contribution is 6.30. The first kappa shape index (κ1) is 18.0. The first-order valence-electron chi connectivity index (χ1n) is 8.84. The number of methoxy groups -OCH3 is 1. The van der Waals surface area contributed by atoms with Crippen LogP contribution in [0, 0.1) is 0 Å². The molecular formula is C20H21ClN4O2. The Morgan fingerprint density at radius 3 is 2.52 bits per heavy atom. The molecule has 1 fully saturated rings. The van der Waals surface area contributed by atoms with Gasteiger partial charge in [-0.25, -0.2) is 4.68 Å². The number of rotatable bonds is 6. The maximum Gasteiger partial charge on any atom is 0.157 e. The average molecular weight is 385 g/mol. The Bertz CT molecular complexity index is 880. The van der Waals surface area contributed by atoms with Crippen LogP contribution in [0.2, 0.25) is 5.02 Å². The molecule has 1 saturated heterocycles. The van der Waals surface area contributed by atoms with Crippen LogP contribution in [0.25, 0.3) is 0 Å². The van der Waals surface area contributed by atoms with Gasteiger partial charge in [0.15, 0.2) is 6.23 Å². The van der Waals surface area contributed by atoms with Gasteiger partial charge in [0.1, 0.15) is 11.4 Å². The highest BCUT2D eigenvalue weighted by atomic mass is 35.5. The number of hydrogen-bond donors (Lipinski definition) is 0. The molecule has 0 amide bonds. The molecule has 1 atom stereocenters. The standard InChI is InChI=1S/C20H21ClN4O2/c1-26-18-8-4-15(5-9-18)12-24-10-11-27-20(24)19-14-25(23-22-19)13-16-2-6-17(21)7-3-16/h2-9,14,20H,10-13H2,1H3. The van der Waals surface area contributed by atoms with Gasteiger partial charge in [-0.3, -0.25) is 4.90 Å². The summed E-state index contributed by atoms with van der Waals surface area (Å²) in [6, 6.07) is 15.8. The number of nitrogens with zero attached hydrogens (tertiary/aromatic N) is 4. The lowest BCUT2D eigenvalue weighted by atomic mass is 10.2. The molecule has 0 radical (unpaired) electrons. The first-order chi connectivity index (χ1) is 13.2. The van der Waals surface area contributed by atoms with Crippen LogP contribution in [0.15, 0.2) is 54.7 Å². The Hall–Kier alpha value is -2.41. The monoisotopic (exact) mass is 384 g/mol. The van der Waals surface area contributed by atoms with Crippen molar-refractivity contribution in [2.45, 2.75) is 19.3 Å². The molecule has 1 unspecified atom stereocenters. The van der Waals surface area contributed by atoms with Crippen LogP contribution in [0.5, 0.6) is 5.75 Å². The van der Waals surface area contributed by atoms with Gasteiger partial charge in [-0.15, -0.1) is 5.10 Å². The van der Waals surface area contributed by atoms with Crippen LogP contribution in [0.3, 0.4) is 0 Å². The van der Waals surface area contributed by atoms with Crippen molar-refractivity contribution in [2.75, 3.05) is 20.3 Å². The van der Waals surface area contributed by atoms with Gasteiger partial charge in [-0.05, 0) is 35.4 Å². The third-order valence-electron chi connectivity index (χ3n) is 4.60. The molecule has 0 saturated carbocycles. The zero-order valence-corrected chi connectivity index (χ0v) is 15.8. The molecule has 0 aliphatic carbocycles. The third kappa shape index (κ3) is 4.30. The molecule has 7 heteroatoms. The second kappa shape index (κ2) is 8.08. The second-order valence-corrected chi connectivity index (χ2v) is 6.95. The van der Waals surface area contributed by atoms with Crippen LogP contribution in [-0.4, -0.2) is 40.2 Å². The van der Waals surface area contributed by atoms with Crippen LogP contribution >= 0.6 is 11.6 Å². The van der Waals surface area contributed by atoms with E-state index >= 15 is 0 Å². The molecular weight excluding hydrogens is 364 g/mol. The fourth-order valence-electron chi connectivity index (χ4n) is 3.18. The van der Waals surface area contributed by atoms with Gasteiger partial charge in [0.2, 0.25) is 0 Å². The van der Waals surface area contributed by atoms with Crippen molar-refractivity contribution >= 4 is 11.6 Å². The molecule has 1 aliphatic rings. The number of hydrogen-bond acceptors (Lipinski definition) is 5. The first-order valence-corrected chi connectivity index (χ1v) is 9.22. The van der Waals surface area contributed by atoms with Crippen molar-refractivity contribution in [1.29, 1.82) is 0 Å². The van der Waals surface area contributed by atoms with Gasteiger partial charge in [0.25, 0.3) is 0 Å². The lowest BCUT2D eigenvalue weighted by Gasteiger charge is -2.21. The summed E-state index contributed by atoms with van der Waals surface area (Å²) < 4.78 is 13.0. The summed E-state index contributed by atoms with van der Waals surface area (Å²) in [5.41, 5.74) is 3.16. The minimum Gasteiger partial charge on any atom is -0.497 e. The van der Waals surface area contributed by atoms with E-state index in [9.17, 15) is 0 Å². The van der Waals surface area contributed by atoms with Crippen LogP contribution in [0.4, 0.5) is 0 Å². The van der Waals surface area contributed by atoms with Crippen molar-refractivity contribution in [3.63, 3.8) is 0 Å². The van der Waals surface area contributed by atoms with E-state index in [-0.39, 0.29) is 6.23 Å². The molecule has 3 aromatic rings. The number of ether oxygens (including phenoxy) is 2. The SMILES string of the molecule is COc1ccc(CN2CCOC2c2cn(Cc3ccc(Cl)cc3)nn2)cc1. The normalized spacial score (nSPS) is 17.3. The quantitative estimate of drug-likeness (QED) is 0.650. The number of aromatic nitrogens is 3. The van der Waals surface area contributed by atoms with E-state index in [0.29, 0.717) is 13.2 Å². The van der Waals surface area contributed by atoms with Gasteiger partial charge in [0, 0.05) is 18.1 Å². The lowest BCUT2D eigenvalue weighted by Crippen LogP contribution is -2.23. The second-order valence-electron chi connectivity index (χ2n) is 6.51. The van der Waals surface area contributed by atoms with Crippen molar-refractivity contribution < 1.29 is 9.47 Å². The van der Waals surface area contributed by atoms with Crippen LogP contribution in [-0.2, 0) is 17.8 Å². The molecule has 1 aromatic heterocycles. The maximum absolute atomic E-state index is 5.94. The molecule has 27 heavy (non-hydrogen) atoms. The number of benzene rings is 2. The predicted molar refractivity (Wildman–Crippen MR) is 103 cm³/mol. The molecule has 6 nitrogen and oxygen atoms in total. The Kier molecular flexibility index (Phi) is 5.38. The Balaban J connectivity index is 1.43. The van der Waals surface area contributed by atoms with Gasteiger partial charge in [-0.1, -0.05) is 41.1 Å². The highest BCUT2D eigenvalue weighted by Crippen LogP contribution is 2.27. The van der Waals surface area contributed by atoms with E-state index in [1.54, 1.807) is 7.11 Å². The van der Waals surface area contributed by atoms with E-state index in [1.165, 1.54) is 5.56 Å². The Labute approximate surface area is 163 Å². The third-order valence-corrected chi connectivity index (χ3v) is 4.85. The summed E-state index contributed by atoms with van der Waals surface area (Å²) in [4.78, 5) is 2.26. The van der Waals surface area contributed by atoms with Crippen molar-refractivity contribution in [2.24, 2.45) is 0 Å². The summed E-state index contributed by atoms with van der Waals surface area (Å²) >= 11 is 5.94. The zero-order valence-electron chi connectivity index (χ0n) is 15.1. The fourth-order valence-corrected chi connectivity index (χ4v) is 3.31. The van der Waals surface area contributed by atoms with Crippen LogP contribution in [0.1, 0.15) is 23.0 Å². The molecule has 0 N–H and O–H groups in total. The average Bonchev–Trinajstić information content (AvgIpc) is 3.33. The maximum atomic E-state index is 5.94. The zero-order chi connectivity index (χ0) is 18.6. The van der Waals surface area contributed by atoms with Gasteiger partial charge in [0.05, 0.1) is 26.5 Å². The summed E-state index contributed by atoms with van der Waals surface area (Å²) in [5.74, 6) is 0.859. The number of halogens is 1. The van der Waals surface area contributed by atoms with Crippen LogP contribution < -0.4 is 4.74 Å². The largest absolute Gasteiger partial charge is 0.497 e. The van der Waals surface area contributed by atoms with E-state index in [0.717, 1.165) is 35.1 Å². The lowest BCUT2D eigenvalue weighted by molar-refractivity contribution is 0.0252. The van der Waals surface area contributed by atoms with E-state index in [2.05, 4.69) is 27.3 Å². The molecule has 2 heterocycles. The molecule has 1 aliphatic heterocycles. The highest BCUT2D eigenvalue weighted by Gasteiger charge is 2.29. The minimum atomic E-state index is -0.175. The van der Waals surface area contributed by atoms with Gasteiger partial charge >= 0.3 is 0 Å². The van der Waals surface area contributed by atoms with Gasteiger partial charge < -0.3 is 9.47 Å². The molecule has 140 valence electrons. The minimum absolute atomic E-state index is 0.175. The summed E-state index contributed by atoms with van der Waals surface area (Å²) in [6.45, 7) is 2.99. The smallest absolute Gasteiger partial charge is 0.157 e. The summed E-state index contributed by atoms with van der Waals surface area (Å²) in [7, 11) is 1.67. The predicted octanol–water partition coefficient (Wildman–Crippen LogP) is 3.52. The van der Waals surface area contributed by atoms with Crippen molar-refractivity contribution in [3.05, 3.63) is 76.6 Å². The summed E-state index contributed by atoms with van der Waals surface area (Å²) in [6.07, 6.45) is 1.78. The Morgan fingerprint density at radius 1 is 1.07 bits per heavy atom. The fraction of sp³-hybridized carbons (Fsp3) is 0.300. The van der Waals surface area contributed by atoms with E-state index in [1.807, 2.05) is 47.3 Å². The van der Waals surface area contributed by atoms with Gasteiger partial charge in [-0.2, -0.15) is 0 Å². The molecule has 0 bridgehead atoms. The van der Waals surface area contributed by atoms with E-state index < -0.39 is 0 Å². The Morgan fingerprint density at radius 2 is 1.78 bits per heavy atom. The summed E-state index contributed by atoms with van der Waals surface area (Å²) in [5, 5.41) is 9.31. The van der Waals surface area contributed by atoms with E-state index in [4.69, 9.17) is 21.1 Å². The van der Waals surface area contributed by atoms with Crippen molar-refractivity contribution in [1.82, 2.24) is 19.9 Å². The topological polar surface area (TPSA) is 52.4 Å². The molecule has 2 aromatic carbocycles. The molecule has 0 spiro atoms. The molecule has 4 rings (SSSR count).